The van der Waals surface area contributed by atoms with Gasteiger partial charge in [0.25, 0.3) is 10.0 Å². The number of hydrogen-bond donors (Lipinski definition) is 0. The normalized spacial score (nSPS) is 11.1. The van der Waals surface area contributed by atoms with Crippen molar-refractivity contribution in [1.82, 2.24) is 4.31 Å². The Morgan fingerprint density at radius 1 is 0.929 bits per heavy atom. The summed E-state index contributed by atoms with van der Waals surface area (Å²) in [5.41, 5.74) is 1.90. The molecule has 1 amide bonds. The molecule has 0 bridgehead atoms. The Kier molecular flexibility index (Phi) is 7.60. The van der Waals surface area contributed by atoms with Crippen molar-refractivity contribution in [2.45, 2.75) is 31.6 Å². The van der Waals surface area contributed by atoms with Crippen LogP contribution in [0.5, 0.6) is 0 Å². The van der Waals surface area contributed by atoms with Gasteiger partial charge in [0.2, 0.25) is 5.91 Å². The second-order valence-electron chi connectivity index (χ2n) is 6.21. The highest BCUT2D eigenvalue weighted by Crippen LogP contribution is 2.19. The Morgan fingerprint density at radius 2 is 1.46 bits per heavy atom. The molecule has 150 valence electrons. The fraction of sp³-hybridized carbons (Fsp3) is 0.300. The zero-order valence-electron chi connectivity index (χ0n) is 15.7. The van der Waals surface area contributed by atoms with E-state index in [0.29, 0.717) is 24.5 Å². The van der Waals surface area contributed by atoms with Crippen LogP contribution < -0.4 is 0 Å². The zero-order chi connectivity index (χ0) is 20.7. The van der Waals surface area contributed by atoms with Crippen molar-refractivity contribution in [3.63, 3.8) is 0 Å². The van der Waals surface area contributed by atoms with Crippen LogP contribution in [0.25, 0.3) is 0 Å². The van der Waals surface area contributed by atoms with Gasteiger partial charge >= 0.3 is 5.97 Å². The van der Waals surface area contributed by atoms with Gasteiger partial charge in [-0.25, -0.2) is 12.7 Å². The summed E-state index contributed by atoms with van der Waals surface area (Å²) in [5, 5.41) is 0.419. The number of nitrogens with zero attached hydrogens (tertiary/aromatic N) is 1. The van der Waals surface area contributed by atoms with E-state index in [1.807, 2.05) is 24.3 Å². The number of carbonyl (C=O) groups is 2. The molecule has 0 radical (unpaired) electrons. The van der Waals surface area contributed by atoms with Crippen molar-refractivity contribution in [3.05, 3.63) is 64.7 Å². The highest BCUT2D eigenvalue weighted by molar-refractivity contribution is 7.89. The van der Waals surface area contributed by atoms with E-state index >= 15 is 0 Å². The van der Waals surface area contributed by atoms with Crippen LogP contribution in [0.2, 0.25) is 5.02 Å². The van der Waals surface area contributed by atoms with E-state index in [-0.39, 0.29) is 17.4 Å². The van der Waals surface area contributed by atoms with Gasteiger partial charge in [-0.05, 0) is 41.8 Å². The van der Waals surface area contributed by atoms with Crippen LogP contribution in [-0.2, 0) is 37.2 Å². The SMILES string of the molecule is CC(=O)OCCc1ccc(CCN(C(C)=O)S(=O)(=O)c2ccc(Cl)cc2)cc1. The molecular weight excluding hydrogens is 402 g/mol. The minimum Gasteiger partial charge on any atom is -0.466 e. The largest absolute Gasteiger partial charge is 0.466 e. The van der Waals surface area contributed by atoms with Gasteiger partial charge in [0, 0.05) is 31.8 Å². The van der Waals surface area contributed by atoms with Crippen molar-refractivity contribution in [1.29, 1.82) is 0 Å². The van der Waals surface area contributed by atoms with Gasteiger partial charge in [-0.3, -0.25) is 9.59 Å². The minimum atomic E-state index is -3.94. The summed E-state index contributed by atoms with van der Waals surface area (Å²) in [5.74, 6) is -0.865. The predicted octanol–water partition coefficient (Wildman–Crippen LogP) is 3.23. The third kappa shape index (κ3) is 6.07. The van der Waals surface area contributed by atoms with Crippen LogP contribution in [0.1, 0.15) is 25.0 Å². The number of amides is 1. The first-order chi connectivity index (χ1) is 13.2. The Labute approximate surface area is 170 Å². The highest BCUT2D eigenvalue weighted by Gasteiger charge is 2.26. The van der Waals surface area contributed by atoms with E-state index in [9.17, 15) is 18.0 Å². The van der Waals surface area contributed by atoms with E-state index in [0.717, 1.165) is 15.4 Å². The molecule has 2 aromatic rings. The number of hydrogen-bond acceptors (Lipinski definition) is 5. The standard InChI is InChI=1S/C20H22ClNO5S/c1-15(23)22(28(25,26)20-9-7-19(21)8-10-20)13-11-17-3-5-18(6-4-17)12-14-27-16(2)24/h3-10H,11-14H2,1-2H3. The molecule has 0 saturated carbocycles. The third-order valence-corrected chi connectivity index (χ3v) is 6.22. The summed E-state index contributed by atoms with van der Waals surface area (Å²) in [7, 11) is -3.94. The highest BCUT2D eigenvalue weighted by atomic mass is 35.5. The Bertz CT molecular complexity index is 924. The third-order valence-electron chi connectivity index (χ3n) is 4.08. The number of ether oxygens (including phenoxy) is 1. The average Bonchev–Trinajstić information content (AvgIpc) is 2.62. The molecule has 2 aromatic carbocycles. The second kappa shape index (κ2) is 9.71. The van der Waals surface area contributed by atoms with Crippen LogP contribution in [0.3, 0.4) is 0 Å². The van der Waals surface area contributed by atoms with Crippen molar-refractivity contribution in [2.24, 2.45) is 0 Å². The number of esters is 1. The van der Waals surface area contributed by atoms with E-state index in [2.05, 4.69) is 0 Å². The molecule has 0 atom stereocenters. The summed E-state index contributed by atoms with van der Waals surface area (Å²) in [6.07, 6.45) is 0.987. The van der Waals surface area contributed by atoms with Crippen molar-refractivity contribution < 1.29 is 22.7 Å². The first-order valence-electron chi connectivity index (χ1n) is 8.70. The van der Waals surface area contributed by atoms with Gasteiger partial charge in [-0.15, -0.1) is 0 Å². The van der Waals surface area contributed by atoms with Gasteiger partial charge in [0.1, 0.15) is 0 Å². The molecule has 28 heavy (non-hydrogen) atoms. The maximum atomic E-state index is 12.8. The van der Waals surface area contributed by atoms with Crippen LogP contribution in [-0.4, -0.2) is 37.8 Å². The Balaban J connectivity index is 2.04. The molecule has 0 unspecified atom stereocenters. The maximum absolute atomic E-state index is 12.8. The number of halogens is 1. The summed E-state index contributed by atoms with van der Waals surface area (Å²) in [6, 6.07) is 13.2. The Morgan fingerprint density at radius 3 is 1.96 bits per heavy atom. The molecule has 0 aliphatic carbocycles. The molecule has 0 heterocycles. The fourth-order valence-electron chi connectivity index (χ4n) is 2.60. The van der Waals surface area contributed by atoms with Gasteiger partial charge < -0.3 is 4.74 Å². The molecule has 8 heteroatoms. The smallest absolute Gasteiger partial charge is 0.302 e. The van der Waals surface area contributed by atoms with Gasteiger partial charge in [0.05, 0.1) is 11.5 Å². The quantitative estimate of drug-likeness (QED) is 0.609. The van der Waals surface area contributed by atoms with Crippen molar-refractivity contribution >= 4 is 33.5 Å². The lowest BCUT2D eigenvalue weighted by atomic mass is 10.1. The van der Waals surface area contributed by atoms with E-state index in [1.54, 1.807) is 0 Å². The topological polar surface area (TPSA) is 80.8 Å². The lowest BCUT2D eigenvalue weighted by Crippen LogP contribution is -2.36. The van der Waals surface area contributed by atoms with Gasteiger partial charge in [-0.1, -0.05) is 35.9 Å². The average molecular weight is 424 g/mol. The van der Waals surface area contributed by atoms with Crippen molar-refractivity contribution in [2.75, 3.05) is 13.2 Å². The first-order valence-corrected chi connectivity index (χ1v) is 10.5. The van der Waals surface area contributed by atoms with E-state index in [1.165, 1.54) is 38.1 Å². The molecule has 0 N–H and O–H groups in total. The van der Waals surface area contributed by atoms with Crippen LogP contribution in [0.4, 0.5) is 0 Å². The lowest BCUT2D eigenvalue weighted by molar-refractivity contribution is -0.140. The molecule has 0 spiro atoms. The molecule has 2 rings (SSSR count). The van der Waals surface area contributed by atoms with Gasteiger partial charge in [0.15, 0.2) is 0 Å². The summed E-state index contributed by atoms with van der Waals surface area (Å²) in [4.78, 5) is 22.8. The molecule has 0 aliphatic heterocycles. The molecule has 0 fully saturated rings. The number of benzene rings is 2. The summed E-state index contributed by atoms with van der Waals surface area (Å²) in [6.45, 7) is 2.94. The van der Waals surface area contributed by atoms with E-state index < -0.39 is 15.9 Å². The Hall–Kier alpha value is -2.38. The predicted molar refractivity (Wildman–Crippen MR) is 107 cm³/mol. The molecule has 0 saturated heterocycles. The first kappa shape index (κ1) is 21.9. The molecule has 6 nitrogen and oxygen atoms in total. The summed E-state index contributed by atoms with van der Waals surface area (Å²) >= 11 is 5.81. The fourth-order valence-corrected chi connectivity index (χ4v) is 4.13. The minimum absolute atomic E-state index is 0.0212. The number of sulfonamides is 1. The molecular formula is C20H22ClNO5S. The van der Waals surface area contributed by atoms with Crippen LogP contribution in [0, 0.1) is 0 Å². The van der Waals surface area contributed by atoms with Crippen LogP contribution >= 0.6 is 11.6 Å². The summed E-state index contributed by atoms with van der Waals surface area (Å²) < 4.78 is 31.3. The number of carbonyl (C=O) groups excluding carboxylic acids is 2. The van der Waals surface area contributed by atoms with Crippen LogP contribution in [0.15, 0.2) is 53.4 Å². The number of rotatable bonds is 8. The van der Waals surface area contributed by atoms with Crippen molar-refractivity contribution in [3.8, 4) is 0 Å². The maximum Gasteiger partial charge on any atom is 0.302 e. The van der Waals surface area contributed by atoms with Gasteiger partial charge in [-0.2, -0.15) is 0 Å². The second-order valence-corrected chi connectivity index (χ2v) is 8.51. The molecule has 0 aliphatic rings. The zero-order valence-corrected chi connectivity index (χ0v) is 17.3. The monoisotopic (exact) mass is 423 g/mol. The van der Waals surface area contributed by atoms with E-state index in [4.69, 9.17) is 16.3 Å². The lowest BCUT2D eigenvalue weighted by Gasteiger charge is -2.21. The molecule has 0 aromatic heterocycles.